The molecule has 1 aromatic carbocycles. The zero-order valence-electron chi connectivity index (χ0n) is 20.9. The molecule has 1 amide bonds. The predicted octanol–water partition coefficient (Wildman–Crippen LogP) is 2.27. The van der Waals surface area contributed by atoms with Gasteiger partial charge in [0.1, 0.15) is 11.6 Å². The molecular weight excluding hydrogens is 502 g/mol. The van der Waals surface area contributed by atoms with Gasteiger partial charge in [-0.2, -0.15) is 4.31 Å². The molecule has 0 unspecified atom stereocenters. The van der Waals surface area contributed by atoms with Gasteiger partial charge < -0.3 is 23.9 Å². The van der Waals surface area contributed by atoms with E-state index in [4.69, 9.17) is 14.0 Å². The summed E-state index contributed by atoms with van der Waals surface area (Å²) in [6.07, 6.45) is 2.17. The average molecular weight is 534 g/mol. The number of aromatic nitrogens is 3. The third-order valence-electron chi connectivity index (χ3n) is 5.95. The molecule has 0 aliphatic carbocycles. The van der Waals surface area contributed by atoms with Crippen molar-refractivity contribution in [2.75, 3.05) is 38.2 Å². The van der Waals surface area contributed by atoms with Crippen LogP contribution >= 0.6 is 0 Å². The summed E-state index contributed by atoms with van der Waals surface area (Å²) in [4.78, 5) is 29.1. The van der Waals surface area contributed by atoms with Crippen LogP contribution in [0.5, 0.6) is 0 Å². The maximum Gasteiger partial charge on any atom is 0.306 e. The number of fused-ring (bicyclic) bond motifs is 1. The van der Waals surface area contributed by atoms with E-state index in [2.05, 4.69) is 22.4 Å². The van der Waals surface area contributed by atoms with Gasteiger partial charge in [0.05, 0.1) is 35.6 Å². The van der Waals surface area contributed by atoms with Crippen molar-refractivity contribution in [3.8, 4) is 0 Å². The van der Waals surface area contributed by atoms with Crippen LogP contribution in [-0.4, -0.2) is 72.2 Å². The summed E-state index contributed by atoms with van der Waals surface area (Å²) >= 11 is 0. The van der Waals surface area contributed by atoms with Gasteiger partial charge in [-0.25, -0.2) is 13.4 Å². The first kappa shape index (κ1) is 26.8. The summed E-state index contributed by atoms with van der Waals surface area (Å²) in [5.41, 5.74) is 1.36. The van der Waals surface area contributed by atoms with Crippen molar-refractivity contribution in [2.45, 2.75) is 51.0 Å². The SMILES string of the molecule is CCCCn1c(CCC(=O)OCC(=O)Nc2cc(C)on2)nc2cc(S(=O)(=O)N3CCOCC3)ccc21. The normalized spacial score (nSPS) is 14.6. The number of amides is 1. The summed E-state index contributed by atoms with van der Waals surface area (Å²) in [7, 11) is -3.65. The van der Waals surface area contributed by atoms with Crippen molar-refractivity contribution >= 4 is 38.8 Å². The minimum Gasteiger partial charge on any atom is -0.456 e. The standard InChI is InChI=1S/C24H31N5O7S/c1-3-4-9-29-20-6-5-18(37(32,33)28-10-12-34-13-11-28)15-19(20)25-22(29)7-8-24(31)35-16-23(30)26-21-14-17(2)36-27-21/h5-6,14-15H,3-4,7-13,16H2,1-2H3,(H,26,27,30). The van der Waals surface area contributed by atoms with Gasteiger partial charge in [-0.1, -0.05) is 18.5 Å². The van der Waals surface area contributed by atoms with Crippen LogP contribution in [0.25, 0.3) is 11.0 Å². The summed E-state index contributed by atoms with van der Waals surface area (Å²) in [5.74, 6) is 0.383. The second-order valence-corrected chi connectivity index (χ2v) is 10.7. The van der Waals surface area contributed by atoms with E-state index in [-0.39, 0.29) is 23.6 Å². The Labute approximate surface area is 214 Å². The topological polar surface area (TPSA) is 146 Å². The Bertz CT molecular complexity index is 1360. The van der Waals surface area contributed by atoms with Crippen molar-refractivity contribution in [1.29, 1.82) is 0 Å². The van der Waals surface area contributed by atoms with E-state index in [0.29, 0.717) is 49.9 Å². The Morgan fingerprint density at radius 2 is 1.97 bits per heavy atom. The fraction of sp³-hybridized carbons (Fsp3) is 0.500. The fourth-order valence-electron chi connectivity index (χ4n) is 4.05. The van der Waals surface area contributed by atoms with Crippen molar-refractivity contribution in [3.05, 3.63) is 35.9 Å². The molecule has 2 aromatic heterocycles. The highest BCUT2D eigenvalue weighted by molar-refractivity contribution is 7.89. The number of anilines is 1. The Morgan fingerprint density at radius 1 is 1.19 bits per heavy atom. The Balaban J connectivity index is 1.43. The third kappa shape index (κ3) is 6.53. The summed E-state index contributed by atoms with van der Waals surface area (Å²) in [5, 5.41) is 6.14. The third-order valence-corrected chi connectivity index (χ3v) is 7.85. The van der Waals surface area contributed by atoms with E-state index in [9.17, 15) is 18.0 Å². The van der Waals surface area contributed by atoms with Gasteiger partial charge in [0.2, 0.25) is 10.0 Å². The van der Waals surface area contributed by atoms with Crippen molar-refractivity contribution in [3.63, 3.8) is 0 Å². The van der Waals surface area contributed by atoms with Crippen LogP contribution in [-0.2, 0) is 42.1 Å². The van der Waals surface area contributed by atoms with E-state index >= 15 is 0 Å². The number of carbonyl (C=O) groups excluding carboxylic acids is 2. The maximum absolute atomic E-state index is 13.1. The number of benzene rings is 1. The van der Waals surface area contributed by atoms with Gasteiger partial charge in [-0.3, -0.25) is 9.59 Å². The highest BCUT2D eigenvalue weighted by atomic mass is 32.2. The number of hydrogen-bond donors (Lipinski definition) is 1. The molecule has 4 rings (SSSR count). The number of ether oxygens (including phenoxy) is 2. The lowest BCUT2D eigenvalue weighted by molar-refractivity contribution is -0.147. The molecule has 0 bridgehead atoms. The van der Waals surface area contributed by atoms with Crippen molar-refractivity contribution in [1.82, 2.24) is 19.0 Å². The molecule has 12 nitrogen and oxygen atoms in total. The first-order valence-corrected chi connectivity index (χ1v) is 13.7. The number of unbranched alkanes of at least 4 members (excludes halogenated alkanes) is 1. The van der Waals surface area contributed by atoms with Crippen LogP contribution in [0, 0.1) is 6.92 Å². The van der Waals surface area contributed by atoms with Crippen LogP contribution in [0.1, 0.15) is 37.8 Å². The molecule has 0 spiro atoms. The van der Waals surface area contributed by atoms with Crippen LogP contribution in [0.15, 0.2) is 33.7 Å². The number of morpholine rings is 1. The largest absolute Gasteiger partial charge is 0.456 e. The summed E-state index contributed by atoms with van der Waals surface area (Å²) in [6.45, 7) is 5.38. The molecule has 1 fully saturated rings. The highest BCUT2D eigenvalue weighted by Gasteiger charge is 2.27. The lowest BCUT2D eigenvalue weighted by Crippen LogP contribution is -2.40. The number of esters is 1. The second-order valence-electron chi connectivity index (χ2n) is 8.73. The Hall–Kier alpha value is -3.29. The molecule has 200 valence electrons. The maximum atomic E-state index is 13.1. The fourth-order valence-corrected chi connectivity index (χ4v) is 5.48. The quantitative estimate of drug-likeness (QED) is 0.367. The van der Waals surface area contributed by atoms with E-state index in [1.807, 2.05) is 4.57 Å². The van der Waals surface area contributed by atoms with Gasteiger partial charge in [-0.15, -0.1) is 0 Å². The van der Waals surface area contributed by atoms with E-state index in [0.717, 1.165) is 18.4 Å². The number of sulfonamides is 1. The summed E-state index contributed by atoms with van der Waals surface area (Å²) < 4.78 is 44.8. The molecule has 3 aromatic rings. The zero-order valence-corrected chi connectivity index (χ0v) is 21.8. The zero-order chi connectivity index (χ0) is 26.4. The minimum absolute atomic E-state index is 0.0186. The predicted molar refractivity (Wildman–Crippen MR) is 133 cm³/mol. The molecule has 1 aliphatic heterocycles. The van der Waals surface area contributed by atoms with Gasteiger partial charge >= 0.3 is 5.97 Å². The minimum atomic E-state index is -3.65. The molecule has 0 radical (unpaired) electrons. The molecule has 37 heavy (non-hydrogen) atoms. The first-order valence-electron chi connectivity index (χ1n) is 12.2. The number of rotatable bonds is 11. The lowest BCUT2D eigenvalue weighted by atomic mass is 10.2. The van der Waals surface area contributed by atoms with Crippen molar-refractivity contribution < 1.29 is 32.0 Å². The molecule has 1 aliphatic rings. The van der Waals surface area contributed by atoms with Crippen molar-refractivity contribution in [2.24, 2.45) is 0 Å². The first-order chi connectivity index (χ1) is 17.8. The average Bonchev–Trinajstić information content (AvgIpc) is 3.47. The van der Waals surface area contributed by atoms with Crippen LogP contribution in [0.2, 0.25) is 0 Å². The van der Waals surface area contributed by atoms with Gasteiger partial charge in [0, 0.05) is 32.1 Å². The van der Waals surface area contributed by atoms with Crippen LogP contribution in [0.3, 0.4) is 0 Å². The Kier molecular flexibility index (Phi) is 8.56. The van der Waals surface area contributed by atoms with Gasteiger partial charge in [0.15, 0.2) is 12.4 Å². The van der Waals surface area contributed by atoms with E-state index in [1.165, 1.54) is 4.31 Å². The monoisotopic (exact) mass is 533 g/mol. The number of hydrogen-bond acceptors (Lipinski definition) is 9. The number of nitrogens with zero attached hydrogens (tertiary/aromatic N) is 4. The molecule has 0 saturated carbocycles. The molecule has 1 N–H and O–H groups in total. The lowest BCUT2D eigenvalue weighted by Gasteiger charge is -2.26. The van der Waals surface area contributed by atoms with E-state index in [1.54, 1.807) is 31.2 Å². The molecular formula is C24H31N5O7S. The van der Waals surface area contributed by atoms with Gasteiger partial charge in [0.25, 0.3) is 5.91 Å². The smallest absolute Gasteiger partial charge is 0.306 e. The molecule has 13 heteroatoms. The number of nitrogens with one attached hydrogen (secondary N) is 1. The highest BCUT2D eigenvalue weighted by Crippen LogP contribution is 2.24. The van der Waals surface area contributed by atoms with Crippen LogP contribution in [0.4, 0.5) is 5.82 Å². The van der Waals surface area contributed by atoms with Crippen LogP contribution < -0.4 is 5.32 Å². The molecule has 3 heterocycles. The molecule has 0 atom stereocenters. The second kappa shape index (κ2) is 11.8. The Morgan fingerprint density at radius 3 is 2.68 bits per heavy atom. The number of carbonyl (C=O) groups is 2. The number of imidazole rings is 1. The van der Waals surface area contributed by atoms with E-state index < -0.39 is 28.5 Å². The molecule has 1 saturated heterocycles. The number of aryl methyl sites for hydroxylation is 3. The summed E-state index contributed by atoms with van der Waals surface area (Å²) in [6, 6.07) is 6.51. The van der Waals surface area contributed by atoms with Gasteiger partial charge in [-0.05, 0) is 31.5 Å².